The van der Waals surface area contributed by atoms with E-state index >= 15 is 0 Å². The Morgan fingerprint density at radius 1 is 1.83 bits per heavy atom. The summed E-state index contributed by atoms with van der Waals surface area (Å²) in [5.41, 5.74) is 0. The second kappa shape index (κ2) is 4.78. The van der Waals surface area contributed by atoms with Gasteiger partial charge in [-0.25, -0.2) is 4.94 Å². The average Bonchev–Trinajstić information content (AvgIpc) is 1.38. The second-order valence-corrected chi connectivity index (χ2v) is 0.329. The Morgan fingerprint density at radius 3 is 2.00 bits per heavy atom. The molecule has 0 aromatic rings. The fraction of sp³-hybridized carbons (Fsp3) is 0. The average molecular weight is 143 g/mol. The van der Waals surface area contributed by atoms with Gasteiger partial charge in [-0.15, -0.1) is 10.1 Å². The minimum atomic E-state index is -1.10. The van der Waals surface area contributed by atoms with Gasteiger partial charge in [-0.3, -0.25) is 0 Å². The molecule has 0 saturated heterocycles. The van der Waals surface area contributed by atoms with Crippen molar-refractivity contribution in [2.24, 2.45) is 5.90 Å². The van der Waals surface area contributed by atoms with Gasteiger partial charge >= 0.3 is 5.09 Å². The molecule has 0 unspecified atom stereocenters. The smallest absolute Gasteiger partial charge is 0.223 e. The molecule has 2 N–H and O–H groups in total. The summed E-state index contributed by atoms with van der Waals surface area (Å²) in [7, 11) is 0. The maximum Gasteiger partial charge on any atom is 0.311 e. The SMILES string of the molecule is NO[N+](=O)[O-].[Zn]. The molecular formula is H2N2O3Zn. The summed E-state index contributed by atoms with van der Waals surface area (Å²) in [6.07, 6.45) is 0. The fourth-order valence-corrected chi connectivity index (χ4v) is 0. The number of nitrogens with two attached hydrogens (primary N) is 1. The maximum absolute atomic E-state index is 8.83. The molecule has 0 fully saturated rings. The van der Waals surface area contributed by atoms with Crippen LogP contribution in [0.25, 0.3) is 0 Å². The number of hydrogen-bond acceptors (Lipinski definition) is 4. The largest absolute Gasteiger partial charge is 0.311 e. The first-order chi connectivity index (χ1) is 2.27. The van der Waals surface area contributed by atoms with E-state index < -0.39 is 5.09 Å². The Bertz CT molecular complexity index is 44.1. The Kier molecular flexibility index (Phi) is 7.37. The van der Waals surface area contributed by atoms with E-state index in [1.54, 1.807) is 0 Å². The molecule has 5 nitrogen and oxygen atoms in total. The van der Waals surface area contributed by atoms with Crippen LogP contribution in [0, 0.1) is 10.1 Å². The molecule has 0 aromatic carbocycles. The summed E-state index contributed by atoms with van der Waals surface area (Å²) in [6.45, 7) is 0. The molecule has 0 bridgehead atoms. The van der Waals surface area contributed by atoms with Crippen molar-refractivity contribution in [3.63, 3.8) is 0 Å². The maximum atomic E-state index is 8.83. The Balaban J connectivity index is 0. The van der Waals surface area contributed by atoms with Crippen LogP contribution in [0.4, 0.5) is 0 Å². The molecule has 0 saturated carbocycles. The van der Waals surface area contributed by atoms with Gasteiger partial charge in [0.2, 0.25) is 0 Å². The molecule has 0 aliphatic rings. The molecular weight excluding hydrogens is 141 g/mol. The number of hydrogen-bond donors (Lipinski definition) is 1. The van der Waals surface area contributed by atoms with E-state index in [1.165, 1.54) is 0 Å². The van der Waals surface area contributed by atoms with Crippen LogP contribution >= 0.6 is 0 Å². The van der Waals surface area contributed by atoms with Crippen LogP contribution in [-0.2, 0) is 24.4 Å². The van der Waals surface area contributed by atoms with Crippen molar-refractivity contribution < 1.29 is 29.5 Å². The van der Waals surface area contributed by atoms with E-state index in [-0.39, 0.29) is 19.5 Å². The van der Waals surface area contributed by atoms with Gasteiger partial charge in [-0.2, -0.15) is 5.90 Å². The first kappa shape index (κ1) is 9.24. The molecule has 0 rings (SSSR count). The fourth-order valence-electron chi connectivity index (χ4n) is 0. The molecule has 6 heteroatoms. The van der Waals surface area contributed by atoms with Gasteiger partial charge in [0.1, 0.15) is 0 Å². The van der Waals surface area contributed by atoms with Crippen molar-refractivity contribution in [2.75, 3.05) is 0 Å². The summed E-state index contributed by atoms with van der Waals surface area (Å²) < 4.78 is 0. The van der Waals surface area contributed by atoms with Crippen molar-refractivity contribution in [1.82, 2.24) is 0 Å². The predicted octanol–water partition coefficient (Wildman–Crippen LogP) is -0.934. The Labute approximate surface area is 46.3 Å². The summed E-state index contributed by atoms with van der Waals surface area (Å²) >= 11 is 0. The molecule has 0 spiro atoms. The third kappa shape index (κ3) is 9.22. The second-order valence-electron chi connectivity index (χ2n) is 0.329. The van der Waals surface area contributed by atoms with E-state index in [0.717, 1.165) is 0 Å². The summed E-state index contributed by atoms with van der Waals surface area (Å²) in [6, 6.07) is 0. The zero-order valence-electron chi connectivity index (χ0n) is 2.96. The van der Waals surface area contributed by atoms with Crippen molar-refractivity contribution in [1.29, 1.82) is 0 Å². The molecule has 0 atom stereocenters. The van der Waals surface area contributed by atoms with Crippen molar-refractivity contribution in [2.45, 2.75) is 0 Å². The Morgan fingerprint density at radius 2 is 2.00 bits per heavy atom. The van der Waals surface area contributed by atoms with Crippen LogP contribution in [-0.4, -0.2) is 5.09 Å². The van der Waals surface area contributed by atoms with Gasteiger partial charge < -0.3 is 0 Å². The molecule has 32 valence electrons. The van der Waals surface area contributed by atoms with Crippen molar-refractivity contribution >= 4 is 0 Å². The van der Waals surface area contributed by atoms with E-state index in [1.807, 2.05) is 0 Å². The minimum Gasteiger partial charge on any atom is -0.223 e. The van der Waals surface area contributed by atoms with Crippen molar-refractivity contribution in [3.8, 4) is 0 Å². The molecule has 0 aromatic heterocycles. The number of rotatable bonds is 1. The molecule has 0 radical (unpaired) electrons. The van der Waals surface area contributed by atoms with Gasteiger partial charge in [0.15, 0.2) is 0 Å². The first-order valence-electron chi connectivity index (χ1n) is 0.783. The predicted molar refractivity (Wildman–Crippen MR) is 12.3 cm³/mol. The zero-order valence-corrected chi connectivity index (χ0v) is 5.92. The van der Waals surface area contributed by atoms with Crippen LogP contribution < -0.4 is 5.90 Å². The molecule has 0 aliphatic heterocycles. The molecule has 6 heavy (non-hydrogen) atoms. The van der Waals surface area contributed by atoms with Crippen LogP contribution in [0.2, 0.25) is 0 Å². The first-order valence-corrected chi connectivity index (χ1v) is 0.783. The third-order valence-corrected chi connectivity index (χ3v) is 0.0861. The third-order valence-electron chi connectivity index (χ3n) is 0.0861. The summed E-state index contributed by atoms with van der Waals surface area (Å²) in [5, 5.41) is 7.73. The van der Waals surface area contributed by atoms with Crippen LogP contribution in [0.3, 0.4) is 0 Å². The van der Waals surface area contributed by atoms with Gasteiger partial charge in [0.25, 0.3) is 0 Å². The Hall–Kier alpha value is -0.217. The van der Waals surface area contributed by atoms with Crippen molar-refractivity contribution in [3.05, 3.63) is 10.1 Å². The van der Waals surface area contributed by atoms with Gasteiger partial charge in [-0.05, 0) is 0 Å². The molecule has 0 aliphatic carbocycles. The van der Waals surface area contributed by atoms with E-state index in [0.29, 0.717) is 0 Å². The zero-order chi connectivity index (χ0) is 4.28. The standard InChI is InChI=1S/H2N2O3.Zn/c1-5-2(3)4;/h1H2;. The van der Waals surface area contributed by atoms with Gasteiger partial charge in [-0.1, -0.05) is 0 Å². The minimum absolute atomic E-state index is 0. The van der Waals surface area contributed by atoms with E-state index in [2.05, 4.69) is 10.8 Å². The summed E-state index contributed by atoms with van der Waals surface area (Å²) in [4.78, 5) is 11.8. The van der Waals surface area contributed by atoms with Gasteiger partial charge in [0, 0.05) is 19.5 Å². The van der Waals surface area contributed by atoms with E-state index in [4.69, 9.17) is 10.1 Å². The van der Waals surface area contributed by atoms with Crippen LogP contribution in [0.1, 0.15) is 0 Å². The summed E-state index contributed by atoms with van der Waals surface area (Å²) in [5.74, 6) is 3.97. The van der Waals surface area contributed by atoms with Gasteiger partial charge in [0.05, 0.1) is 0 Å². The molecule has 0 heterocycles. The van der Waals surface area contributed by atoms with Crippen LogP contribution in [0.15, 0.2) is 0 Å². The normalized spacial score (nSPS) is 5.50. The quantitative estimate of drug-likeness (QED) is 0.292. The van der Waals surface area contributed by atoms with E-state index in [9.17, 15) is 0 Å². The topological polar surface area (TPSA) is 78.4 Å². The molecule has 0 amide bonds. The number of nitrogens with zero attached hydrogens (tertiary/aromatic N) is 1. The van der Waals surface area contributed by atoms with Crippen LogP contribution in [0.5, 0.6) is 0 Å². The monoisotopic (exact) mass is 142 g/mol.